The lowest BCUT2D eigenvalue weighted by molar-refractivity contribution is 0.0687. The van der Waals surface area contributed by atoms with E-state index in [-0.39, 0.29) is 5.69 Å². The van der Waals surface area contributed by atoms with Gasteiger partial charge in [-0.05, 0) is 18.9 Å². The van der Waals surface area contributed by atoms with Gasteiger partial charge in [-0.25, -0.2) is 9.78 Å². The standard InChI is InChI=1S/C11H12N4O2/c1-2-9-13-11-12-7(6-3-4-6)5-8(10(16)17)15(11)14-9/h5-6H,2-4H2,1H3,(H,16,17). The fraction of sp³-hybridized carbons (Fsp3) is 0.455. The molecular weight excluding hydrogens is 220 g/mol. The Kier molecular flexibility index (Phi) is 2.10. The second-order valence-corrected chi connectivity index (χ2v) is 4.24. The quantitative estimate of drug-likeness (QED) is 0.861. The van der Waals surface area contributed by atoms with E-state index in [0.29, 0.717) is 23.9 Å². The Morgan fingerprint density at radius 3 is 2.88 bits per heavy atom. The van der Waals surface area contributed by atoms with E-state index in [4.69, 9.17) is 0 Å². The first-order valence-electron chi connectivity index (χ1n) is 5.69. The first kappa shape index (κ1) is 10.2. The summed E-state index contributed by atoms with van der Waals surface area (Å²) in [5.41, 5.74) is 0.967. The molecule has 1 N–H and O–H groups in total. The fourth-order valence-electron chi connectivity index (χ4n) is 1.82. The first-order valence-corrected chi connectivity index (χ1v) is 5.69. The Morgan fingerprint density at radius 1 is 1.53 bits per heavy atom. The minimum atomic E-state index is -0.994. The molecule has 0 spiro atoms. The molecule has 3 rings (SSSR count). The summed E-state index contributed by atoms with van der Waals surface area (Å²) in [7, 11) is 0. The van der Waals surface area contributed by atoms with Crippen LogP contribution < -0.4 is 0 Å². The van der Waals surface area contributed by atoms with Crippen LogP contribution in [0.25, 0.3) is 5.78 Å². The van der Waals surface area contributed by atoms with Crippen molar-refractivity contribution >= 4 is 11.7 Å². The average Bonchev–Trinajstić information content (AvgIpc) is 3.07. The third-order valence-corrected chi connectivity index (χ3v) is 2.91. The largest absolute Gasteiger partial charge is 0.477 e. The number of nitrogens with zero attached hydrogens (tertiary/aromatic N) is 4. The van der Waals surface area contributed by atoms with Crippen LogP contribution in [-0.2, 0) is 6.42 Å². The van der Waals surface area contributed by atoms with Crippen molar-refractivity contribution in [1.29, 1.82) is 0 Å². The van der Waals surface area contributed by atoms with Crippen molar-refractivity contribution < 1.29 is 9.90 Å². The molecule has 0 bridgehead atoms. The smallest absolute Gasteiger partial charge is 0.354 e. The van der Waals surface area contributed by atoms with Crippen LogP contribution in [0.2, 0.25) is 0 Å². The van der Waals surface area contributed by atoms with Crippen molar-refractivity contribution in [2.45, 2.75) is 32.1 Å². The molecule has 1 aliphatic carbocycles. The van der Waals surface area contributed by atoms with E-state index in [1.165, 1.54) is 4.52 Å². The maximum absolute atomic E-state index is 11.2. The molecule has 6 nitrogen and oxygen atoms in total. The Hall–Kier alpha value is -1.98. The summed E-state index contributed by atoms with van der Waals surface area (Å²) in [5, 5.41) is 13.3. The van der Waals surface area contributed by atoms with E-state index < -0.39 is 5.97 Å². The fourth-order valence-corrected chi connectivity index (χ4v) is 1.82. The molecule has 2 aromatic heterocycles. The summed E-state index contributed by atoms with van der Waals surface area (Å²) in [6, 6.07) is 1.61. The lowest BCUT2D eigenvalue weighted by Crippen LogP contribution is -2.09. The normalized spacial score (nSPS) is 15.4. The third kappa shape index (κ3) is 1.65. The number of aryl methyl sites for hydroxylation is 1. The summed E-state index contributed by atoms with van der Waals surface area (Å²) in [6.07, 6.45) is 2.83. The molecule has 17 heavy (non-hydrogen) atoms. The van der Waals surface area contributed by atoms with Crippen LogP contribution in [0.4, 0.5) is 0 Å². The van der Waals surface area contributed by atoms with Crippen LogP contribution in [0, 0.1) is 0 Å². The van der Waals surface area contributed by atoms with Gasteiger partial charge >= 0.3 is 5.97 Å². The van der Waals surface area contributed by atoms with E-state index >= 15 is 0 Å². The number of hydrogen-bond donors (Lipinski definition) is 1. The lowest BCUT2D eigenvalue weighted by atomic mass is 10.2. The number of aromatic carboxylic acids is 1. The zero-order valence-electron chi connectivity index (χ0n) is 9.42. The zero-order chi connectivity index (χ0) is 12.0. The first-order chi connectivity index (χ1) is 8.19. The molecule has 88 valence electrons. The minimum absolute atomic E-state index is 0.143. The SMILES string of the molecule is CCc1nc2nc(C3CC3)cc(C(=O)O)n2n1. The van der Waals surface area contributed by atoms with Gasteiger partial charge in [-0.2, -0.15) is 9.50 Å². The monoisotopic (exact) mass is 232 g/mol. The highest BCUT2D eigenvalue weighted by atomic mass is 16.4. The molecule has 0 aromatic carbocycles. The number of rotatable bonds is 3. The highest BCUT2D eigenvalue weighted by molar-refractivity contribution is 5.86. The number of carboxylic acids is 1. The van der Waals surface area contributed by atoms with Gasteiger partial charge in [-0.15, -0.1) is 5.10 Å². The summed E-state index contributed by atoms with van der Waals surface area (Å²) >= 11 is 0. The summed E-state index contributed by atoms with van der Waals surface area (Å²) in [4.78, 5) is 19.8. The minimum Gasteiger partial charge on any atom is -0.477 e. The predicted molar refractivity (Wildman–Crippen MR) is 59.1 cm³/mol. The van der Waals surface area contributed by atoms with Crippen molar-refractivity contribution in [3.63, 3.8) is 0 Å². The van der Waals surface area contributed by atoms with Gasteiger partial charge in [0.25, 0.3) is 5.78 Å². The molecule has 0 atom stereocenters. The molecule has 1 saturated carbocycles. The third-order valence-electron chi connectivity index (χ3n) is 2.91. The van der Waals surface area contributed by atoms with Gasteiger partial charge in [-0.1, -0.05) is 6.92 Å². The van der Waals surface area contributed by atoms with Crippen LogP contribution in [-0.4, -0.2) is 30.7 Å². The number of carboxylic acid groups (broad SMARTS) is 1. The van der Waals surface area contributed by atoms with Crippen molar-refractivity contribution in [2.75, 3.05) is 0 Å². The highest BCUT2D eigenvalue weighted by Crippen LogP contribution is 2.39. The summed E-state index contributed by atoms with van der Waals surface area (Å²) in [5.74, 6) is 0.420. The van der Waals surface area contributed by atoms with Crippen molar-refractivity contribution in [3.05, 3.63) is 23.3 Å². The molecule has 6 heteroatoms. The molecule has 0 unspecified atom stereocenters. The van der Waals surface area contributed by atoms with Crippen LogP contribution >= 0.6 is 0 Å². The molecule has 1 aliphatic rings. The van der Waals surface area contributed by atoms with Gasteiger partial charge in [-0.3, -0.25) is 0 Å². The second kappa shape index (κ2) is 3.51. The maximum Gasteiger partial charge on any atom is 0.354 e. The van der Waals surface area contributed by atoms with Gasteiger partial charge in [0.15, 0.2) is 11.5 Å². The average molecular weight is 232 g/mol. The Balaban J connectivity index is 2.25. The summed E-state index contributed by atoms with van der Waals surface area (Å²) in [6.45, 7) is 1.93. The molecular formula is C11H12N4O2. The number of fused-ring (bicyclic) bond motifs is 1. The second-order valence-electron chi connectivity index (χ2n) is 4.24. The predicted octanol–water partition coefficient (Wildman–Crippen LogP) is 1.26. The van der Waals surface area contributed by atoms with Gasteiger partial charge < -0.3 is 5.11 Å². The number of aromatic nitrogens is 4. The van der Waals surface area contributed by atoms with E-state index in [9.17, 15) is 9.90 Å². The van der Waals surface area contributed by atoms with Gasteiger partial charge in [0.05, 0.1) is 0 Å². The van der Waals surface area contributed by atoms with E-state index in [1.54, 1.807) is 6.07 Å². The van der Waals surface area contributed by atoms with Crippen LogP contribution in [0.3, 0.4) is 0 Å². The molecule has 2 heterocycles. The van der Waals surface area contributed by atoms with Crippen molar-refractivity contribution in [2.24, 2.45) is 0 Å². The van der Waals surface area contributed by atoms with Gasteiger partial charge in [0.2, 0.25) is 0 Å². The van der Waals surface area contributed by atoms with E-state index in [2.05, 4.69) is 15.1 Å². The Labute approximate surface area is 97.3 Å². The maximum atomic E-state index is 11.2. The zero-order valence-corrected chi connectivity index (χ0v) is 9.42. The Morgan fingerprint density at radius 2 is 2.29 bits per heavy atom. The molecule has 0 saturated heterocycles. The lowest BCUT2D eigenvalue weighted by Gasteiger charge is -2.01. The summed E-state index contributed by atoms with van der Waals surface area (Å²) < 4.78 is 1.31. The molecule has 0 radical (unpaired) electrons. The van der Waals surface area contributed by atoms with E-state index in [0.717, 1.165) is 18.5 Å². The molecule has 0 amide bonds. The molecule has 0 aliphatic heterocycles. The topological polar surface area (TPSA) is 80.4 Å². The highest BCUT2D eigenvalue weighted by Gasteiger charge is 2.27. The van der Waals surface area contributed by atoms with E-state index in [1.807, 2.05) is 6.92 Å². The van der Waals surface area contributed by atoms with Crippen LogP contribution in [0.15, 0.2) is 6.07 Å². The van der Waals surface area contributed by atoms with Crippen LogP contribution in [0.1, 0.15) is 47.7 Å². The van der Waals surface area contributed by atoms with Crippen molar-refractivity contribution in [1.82, 2.24) is 19.6 Å². The van der Waals surface area contributed by atoms with Crippen LogP contribution in [0.5, 0.6) is 0 Å². The molecule has 1 fully saturated rings. The number of hydrogen-bond acceptors (Lipinski definition) is 4. The van der Waals surface area contributed by atoms with Crippen molar-refractivity contribution in [3.8, 4) is 0 Å². The Bertz CT molecular complexity index is 601. The van der Waals surface area contributed by atoms with Gasteiger partial charge in [0.1, 0.15) is 0 Å². The van der Waals surface area contributed by atoms with Gasteiger partial charge in [0, 0.05) is 18.0 Å². The number of carbonyl (C=O) groups is 1. The molecule has 2 aromatic rings.